The molecule has 1 N–H and O–H groups in total. The fraction of sp³-hybridized carbons (Fsp3) is 0.231. The Hall–Kier alpha value is -1.35. The number of sulfonamides is 1. The largest absolute Gasteiger partial charge is 0.466 e. The lowest BCUT2D eigenvalue weighted by molar-refractivity contribution is -0.142. The Balaban J connectivity index is 2.15. The fourth-order valence-corrected chi connectivity index (χ4v) is 4.41. The average molecular weight is 395 g/mol. The van der Waals surface area contributed by atoms with E-state index >= 15 is 0 Å². The number of thiazole rings is 1. The van der Waals surface area contributed by atoms with Crippen LogP contribution in [0.1, 0.15) is 11.8 Å². The smallest absolute Gasteiger partial charge is 0.311 e. The molecule has 1 aromatic heterocycles. The van der Waals surface area contributed by atoms with Gasteiger partial charge in [-0.3, -0.25) is 9.52 Å². The third-order valence-electron chi connectivity index (χ3n) is 2.55. The summed E-state index contributed by atoms with van der Waals surface area (Å²) in [5, 5.41) is 0.556. The summed E-state index contributed by atoms with van der Waals surface area (Å²) in [6.07, 6.45) is 1.46. The Kier molecular flexibility index (Phi) is 5.85. The van der Waals surface area contributed by atoms with Gasteiger partial charge in [0.1, 0.15) is 0 Å². The molecule has 1 aromatic carbocycles. The number of esters is 1. The van der Waals surface area contributed by atoms with Crippen LogP contribution in [0.25, 0.3) is 0 Å². The first-order valence-electron chi connectivity index (χ1n) is 6.39. The summed E-state index contributed by atoms with van der Waals surface area (Å²) >= 11 is 12.7. The number of carbonyl (C=O) groups is 1. The predicted octanol–water partition coefficient (Wildman–Crippen LogP) is 3.36. The highest BCUT2D eigenvalue weighted by atomic mass is 35.5. The van der Waals surface area contributed by atoms with Crippen molar-refractivity contribution in [3.8, 4) is 0 Å². The van der Waals surface area contributed by atoms with Crippen LogP contribution in [-0.2, 0) is 26.0 Å². The molecule has 23 heavy (non-hydrogen) atoms. The summed E-state index contributed by atoms with van der Waals surface area (Å²) in [4.78, 5) is 15.8. The van der Waals surface area contributed by atoms with E-state index in [1.165, 1.54) is 24.4 Å². The van der Waals surface area contributed by atoms with Crippen molar-refractivity contribution in [2.45, 2.75) is 18.2 Å². The average Bonchev–Trinajstić information content (AvgIpc) is 2.84. The first-order chi connectivity index (χ1) is 10.8. The van der Waals surface area contributed by atoms with Gasteiger partial charge in [0.05, 0.1) is 17.9 Å². The summed E-state index contributed by atoms with van der Waals surface area (Å²) in [7, 11) is -3.87. The normalized spacial score (nSPS) is 11.3. The molecular weight excluding hydrogens is 383 g/mol. The maximum atomic E-state index is 12.3. The molecule has 0 bridgehead atoms. The lowest BCUT2D eigenvalue weighted by Gasteiger charge is -2.06. The molecule has 0 saturated heterocycles. The first kappa shape index (κ1) is 18.0. The quantitative estimate of drug-likeness (QED) is 0.759. The minimum absolute atomic E-state index is 0.0379. The summed E-state index contributed by atoms with van der Waals surface area (Å²) in [6.45, 7) is 1.99. The van der Waals surface area contributed by atoms with E-state index in [1.807, 2.05) is 0 Å². The van der Waals surface area contributed by atoms with Crippen molar-refractivity contribution in [1.82, 2.24) is 4.98 Å². The monoisotopic (exact) mass is 394 g/mol. The van der Waals surface area contributed by atoms with Crippen LogP contribution < -0.4 is 4.72 Å². The molecule has 6 nitrogen and oxygen atoms in total. The van der Waals surface area contributed by atoms with Crippen molar-refractivity contribution < 1.29 is 17.9 Å². The molecule has 10 heteroatoms. The van der Waals surface area contributed by atoms with E-state index in [4.69, 9.17) is 27.9 Å². The second kappa shape index (κ2) is 7.48. The number of benzene rings is 1. The number of nitrogens with zero attached hydrogens (tertiary/aromatic N) is 1. The number of carbonyl (C=O) groups excluding carboxylic acids is 1. The van der Waals surface area contributed by atoms with E-state index in [2.05, 4.69) is 9.71 Å². The second-order valence-corrected chi connectivity index (χ2v) is 7.99. The lowest BCUT2D eigenvalue weighted by Crippen LogP contribution is -2.12. The van der Waals surface area contributed by atoms with Crippen molar-refractivity contribution in [2.75, 3.05) is 11.3 Å². The number of rotatable bonds is 6. The number of aromatic nitrogens is 1. The Morgan fingerprint density at radius 1 is 1.30 bits per heavy atom. The van der Waals surface area contributed by atoms with Crippen LogP contribution in [0.3, 0.4) is 0 Å². The molecule has 0 aliphatic carbocycles. The van der Waals surface area contributed by atoms with Gasteiger partial charge in [0.2, 0.25) is 0 Å². The van der Waals surface area contributed by atoms with E-state index in [-0.39, 0.29) is 33.1 Å². The van der Waals surface area contributed by atoms with Crippen molar-refractivity contribution >= 4 is 55.7 Å². The first-order valence-corrected chi connectivity index (χ1v) is 9.45. The van der Waals surface area contributed by atoms with E-state index in [1.54, 1.807) is 6.92 Å². The van der Waals surface area contributed by atoms with Crippen molar-refractivity contribution in [1.29, 1.82) is 0 Å². The van der Waals surface area contributed by atoms with Crippen LogP contribution in [0.4, 0.5) is 5.13 Å². The SMILES string of the molecule is CCOC(=O)Cc1cnc(NS(=O)(=O)c2cc(Cl)cc(Cl)c2)s1. The van der Waals surface area contributed by atoms with Gasteiger partial charge in [-0.15, -0.1) is 11.3 Å². The summed E-state index contributed by atoms with van der Waals surface area (Å²) in [5.74, 6) is -0.396. The van der Waals surface area contributed by atoms with Gasteiger partial charge in [0.25, 0.3) is 10.0 Å². The van der Waals surface area contributed by atoms with Crippen molar-refractivity contribution in [3.05, 3.63) is 39.3 Å². The summed E-state index contributed by atoms with van der Waals surface area (Å²) in [6, 6.07) is 3.99. The number of halogens is 2. The van der Waals surface area contributed by atoms with Crippen LogP contribution in [0.2, 0.25) is 10.0 Å². The summed E-state index contributed by atoms with van der Waals surface area (Å²) in [5.41, 5.74) is 0. The molecule has 0 fully saturated rings. The number of hydrogen-bond donors (Lipinski definition) is 1. The van der Waals surface area contributed by atoms with Gasteiger partial charge in [0, 0.05) is 21.1 Å². The number of ether oxygens (including phenoxy) is 1. The summed E-state index contributed by atoms with van der Waals surface area (Å²) < 4.78 is 31.7. The molecule has 0 aliphatic rings. The third kappa shape index (κ3) is 5.07. The number of hydrogen-bond acceptors (Lipinski definition) is 6. The minimum atomic E-state index is -3.87. The Morgan fingerprint density at radius 2 is 1.96 bits per heavy atom. The standard InChI is InChI=1S/C13H12Cl2N2O4S2/c1-2-21-12(18)6-10-7-16-13(22-10)17-23(19,20)11-4-8(14)3-9(15)5-11/h3-5,7H,2,6H2,1H3,(H,16,17). The van der Waals surface area contributed by atoms with Crippen molar-refractivity contribution in [2.24, 2.45) is 0 Å². The van der Waals surface area contributed by atoms with Crippen LogP contribution in [0.5, 0.6) is 0 Å². The van der Waals surface area contributed by atoms with E-state index in [0.29, 0.717) is 4.88 Å². The number of anilines is 1. The van der Waals surface area contributed by atoms with Gasteiger partial charge < -0.3 is 4.74 Å². The van der Waals surface area contributed by atoms with Crippen LogP contribution >= 0.6 is 34.5 Å². The highest BCUT2D eigenvalue weighted by molar-refractivity contribution is 7.93. The van der Waals surface area contributed by atoms with Gasteiger partial charge in [-0.1, -0.05) is 23.2 Å². The van der Waals surface area contributed by atoms with Crippen LogP contribution in [-0.4, -0.2) is 26.0 Å². The zero-order valence-corrected chi connectivity index (χ0v) is 15.0. The predicted molar refractivity (Wildman–Crippen MR) is 89.7 cm³/mol. The Labute approximate surface area is 147 Å². The van der Waals surface area contributed by atoms with Crippen LogP contribution in [0, 0.1) is 0 Å². The molecule has 0 atom stereocenters. The van der Waals surface area contributed by atoms with E-state index in [9.17, 15) is 13.2 Å². The van der Waals surface area contributed by atoms with Gasteiger partial charge in [-0.25, -0.2) is 13.4 Å². The van der Waals surface area contributed by atoms with Crippen molar-refractivity contribution in [3.63, 3.8) is 0 Å². The van der Waals surface area contributed by atoms with Gasteiger partial charge in [-0.05, 0) is 25.1 Å². The molecule has 0 spiro atoms. The molecular formula is C13H12Cl2N2O4S2. The maximum Gasteiger partial charge on any atom is 0.311 e. The van der Waals surface area contributed by atoms with Gasteiger partial charge >= 0.3 is 5.97 Å². The molecule has 0 unspecified atom stereocenters. The zero-order chi connectivity index (χ0) is 17.0. The van der Waals surface area contributed by atoms with Crippen LogP contribution in [0.15, 0.2) is 29.3 Å². The molecule has 124 valence electrons. The highest BCUT2D eigenvalue weighted by Crippen LogP contribution is 2.26. The topological polar surface area (TPSA) is 85.4 Å². The molecule has 0 saturated carbocycles. The number of nitrogens with one attached hydrogen (secondary N) is 1. The second-order valence-electron chi connectivity index (χ2n) is 4.32. The zero-order valence-electron chi connectivity index (χ0n) is 11.9. The molecule has 1 heterocycles. The Morgan fingerprint density at radius 3 is 2.57 bits per heavy atom. The van der Waals surface area contributed by atoms with Gasteiger partial charge in [0.15, 0.2) is 5.13 Å². The van der Waals surface area contributed by atoms with E-state index in [0.717, 1.165) is 11.3 Å². The highest BCUT2D eigenvalue weighted by Gasteiger charge is 2.18. The fourth-order valence-electron chi connectivity index (χ4n) is 1.65. The molecule has 0 aliphatic heterocycles. The minimum Gasteiger partial charge on any atom is -0.466 e. The molecule has 0 radical (unpaired) electrons. The molecule has 2 rings (SSSR count). The van der Waals surface area contributed by atoms with Gasteiger partial charge in [-0.2, -0.15) is 0 Å². The van der Waals surface area contributed by atoms with E-state index < -0.39 is 16.0 Å². The third-order valence-corrected chi connectivity index (χ3v) is 5.34. The maximum absolute atomic E-state index is 12.3. The Bertz CT molecular complexity index is 801. The lowest BCUT2D eigenvalue weighted by atomic mass is 10.4. The molecule has 0 amide bonds. The molecule has 2 aromatic rings.